The van der Waals surface area contributed by atoms with E-state index in [2.05, 4.69) is 34.0 Å². The van der Waals surface area contributed by atoms with E-state index in [1.54, 1.807) is 0 Å². The van der Waals surface area contributed by atoms with E-state index in [-0.39, 0.29) is 17.4 Å². The molecule has 3 heterocycles. The molecule has 0 aromatic carbocycles. The summed E-state index contributed by atoms with van der Waals surface area (Å²) in [7, 11) is 2.24. The van der Waals surface area contributed by atoms with Crippen molar-refractivity contribution in [1.82, 2.24) is 20.0 Å². The largest absolute Gasteiger partial charge is 0.466 e. The van der Waals surface area contributed by atoms with Crippen molar-refractivity contribution in [2.75, 3.05) is 66.0 Å². The maximum Gasteiger partial charge on any atom is 0.309 e. The number of aliphatic imine (C=N–C) groups is 1. The quantitative estimate of drug-likeness (QED) is 0.403. The van der Waals surface area contributed by atoms with Crippen molar-refractivity contribution in [2.45, 2.75) is 64.3 Å². The van der Waals surface area contributed by atoms with Gasteiger partial charge < -0.3 is 19.9 Å². The van der Waals surface area contributed by atoms with E-state index in [0.717, 1.165) is 58.1 Å². The van der Waals surface area contributed by atoms with Crippen LogP contribution < -0.4 is 5.32 Å². The lowest BCUT2D eigenvalue weighted by atomic mass is 9.84. The summed E-state index contributed by atoms with van der Waals surface area (Å²) in [6.45, 7) is 12.7. The number of nitrogens with one attached hydrogen (secondary N) is 1. The summed E-state index contributed by atoms with van der Waals surface area (Å²) in [4.78, 5) is 24.8. The predicted molar refractivity (Wildman–Crippen MR) is 122 cm³/mol. The number of hydrogen-bond donors (Lipinski definition) is 1. The standard InChI is InChI=1S/C23H43N5O2/c1-4-24-22(27-15-9-20(10-16-27)21(29)30-5-2)25-19-23(11-17-26(3)18-12-23)28-13-7-6-8-14-28/h20H,4-19H2,1-3H3,(H,24,25). The highest BCUT2D eigenvalue weighted by Gasteiger charge is 2.40. The predicted octanol–water partition coefficient (Wildman–Crippen LogP) is 2.18. The minimum atomic E-state index is -0.0329. The summed E-state index contributed by atoms with van der Waals surface area (Å²) >= 11 is 0. The summed E-state index contributed by atoms with van der Waals surface area (Å²) in [5, 5.41) is 3.52. The first-order valence-electron chi connectivity index (χ1n) is 12.2. The highest BCUT2D eigenvalue weighted by atomic mass is 16.5. The molecular weight excluding hydrogens is 378 g/mol. The maximum absolute atomic E-state index is 12.1. The van der Waals surface area contributed by atoms with Crippen LogP contribution in [-0.2, 0) is 9.53 Å². The van der Waals surface area contributed by atoms with Gasteiger partial charge in [0.2, 0.25) is 0 Å². The molecule has 0 aromatic rings. The van der Waals surface area contributed by atoms with Crippen molar-refractivity contribution in [3.8, 4) is 0 Å². The van der Waals surface area contributed by atoms with Gasteiger partial charge in [-0.1, -0.05) is 6.42 Å². The molecule has 0 bridgehead atoms. The van der Waals surface area contributed by atoms with Crippen molar-refractivity contribution >= 4 is 11.9 Å². The molecule has 0 unspecified atom stereocenters. The summed E-state index contributed by atoms with van der Waals surface area (Å²) in [6.07, 6.45) is 8.13. The van der Waals surface area contributed by atoms with Gasteiger partial charge in [-0.25, -0.2) is 0 Å². The first-order chi connectivity index (χ1) is 14.6. The molecule has 7 nitrogen and oxygen atoms in total. The van der Waals surface area contributed by atoms with Crippen molar-refractivity contribution in [3.05, 3.63) is 0 Å². The Balaban J connectivity index is 1.66. The molecule has 3 rings (SSSR count). The van der Waals surface area contributed by atoms with E-state index in [1.807, 2.05) is 6.92 Å². The lowest BCUT2D eigenvalue weighted by Gasteiger charge is -2.49. The van der Waals surface area contributed by atoms with Crippen LogP contribution in [0.2, 0.25) is 0 Å². The second-order valence-electron chi connectivity index (χ2n) is 9.26. The number of esters is 1. The molecule has 172 valence electrons. The fourth-order valence-electron chi connectivity index (χ4n) is 5.21. The fourth-order valence-corrected chi connectivity index (χ4v) is 5.21. The van der Waals surface area contributed by atoms with Gasteiger partial charge in [-0.05, 0) is 85.6 Å². The number of hydrogen-bond acceptors (Lipinski definition) is 5. The van der Waals surface area contributed by atoms with Crippen LogP contribution in [0.4, 0.5) is 0 Å². The lowest BCUT2D eigenvalue weighted by Crippen LogP contribution is -2.58. The molecule has 0 spiro atoms. The molecule has 0 radical (unpaired) electrons. The van der Waals surface area contributed by atoms with E-state index >= 15 is 0 Å². The van der Waals surface area contributed by atoms with Gasteiger partial charge in [0.15, 0.2) is 5.96 Å². The Morgan fingerprint density at radius 3 is 2.30 bits per heavy atom. The Morgan fingerprint density at radius 1 is 1.03 bits per heavy atom. The monoisotopic (exact) mass is 421 g/mol. The number of guanidine groups is 1. The van der Waals surface area contributed by atoms with Crippen LogP contribution in [0.15, 0.2) is 4.99 Å². The van der Waals surface area contributed by atoms with Crippen LogP contribution >= 0.6 is 0 Å². The van der Waals surface area contributed by atoms with Gasteiger partial charge in [0.25, 0.3) is 0 Å². The van der Waals surface area contributed by atoms with Crippen LogP contribution in [0.3, 0.4) is 0 Å². The minimum Gasteiger partial charge on any atom is -0.466 e. The minimum absolute atomic E-state index is 0.0329. The van der Waals surface area contributed by atoms with E-state index in [1.165, 1.54) is 45.2 Å². The first-order valence-corrected chi connectivity index (χ1v) is 12.2. The van der Waals surface area contributed by atoms with Crippen molar-refractivity contribution in [3.63, 3.8) is 0 Å². The van der Waals surface area contributed by atoms with E-state index < -0.39 is 0 Å². The van der Waals surface area contributed by atoms with Gasteiger partial charge >= 0.3 is 5.97 Å². The summed E-state index contributed by atoms with van der Waals surface area (Å²) < 4.78 is 5.23. The maximum atomic E-state index is 12.1. The zero-order valence-corrected chi connectivity index (χ0v) is 19.5. The first kappa shape index (κ1) is 23.3. The molecule has 0 aliphatic carbocycles. The fraction of sp³-hybridized carbons (Fsp3) is 0.913. The van der Waals surface area contributed by atoms with Gasteiger partial charge in [0.1, 0.15) is 0 Å². The molecule has 7 heteroatoms. The van der Waals surface area contributed by atoms with E-state index in [0.29, 0.717) is 6.61 Å². The molecule has 3 fully saturated rings. The van der Waals surface area contributed by atoms with Gasteiger partial charge in [-0.3, -0.25) is 14.7 Å². The third-order valence-electron chi connectivity index (χ3n) is 7.22. The van der Waals surface area contributed by atoms with Crippen LogP contribution in [0.25, 0.3) is 0 Å². The Kier molecular flexibility index (Phi) is 8.81. The van der Waals surface area contributed by atoms with Crippen LogP contribution in [0, 0.1) is 5.92 Å². The zero-order valence-electron chi connectivity index (χ0n) is 19.5. The SMILES string of the molecule is CCNC(=NCC1(N2CCCCC2)CCN(C)CC1)N1CCC(C(=O)OCC)CC1. The Morgan fingerprint density at radius 2 is 1.70 bits per heavy atom. The third-order valence-corrected chi connectivity index (χ3v) is 7.22. The number of nitrogens with zero attached hydrogens (tertiary/aromatic N) is 4. The average Bonchev–Trinajstić information content (AvgIpc) is 2.79. The average molecular weight is 422 g/mol. The highest BCUT2D eigenvalue weighted by molar-refractivity contribution is 5.80. The number of likely N-dealkylation sites (tertiary alicyclic amines) is 3. The van der Waals surface area contributed by atoms with Gasteiger partial charge in [-0.15, -0.1) is 0 Å². The number of carbonyl (C=O) groups excluding carboxylic acids is 1. The molecule has 3 aliphatic rings. The molecule has 0 atom stereocenters. The number of piperidine rings is 3. The smallest absolute Gasteiger partial charge is 0.309 e. The van der Waals surface area contributed by atoms with Crippen LogP contribution in [0.5, 0.6) is 0 Å². The van der Waals surface area contributed by atoms with Gasteiger partial charge in [0, 0.05) is 25.2 Å². The Bertz CT molecular complexity index is 560. The molecule has 30 heavy (non-hydrogen) atoms. The lowest BCUT2D eigenvalue weighted by molar-refractivity contribution is -0.149. The third kappa shape index (κ3) is 5.88. The summed E-state index contributed by atoms with van der Waals surface area (Å²) in [5.74, 6) is 1.03. The topological polar surface area (TPSA) is 60.4 Å². The van der Waals surface area contributed by atoms with Crippen molar-refractivity contribution < 1.29 is 9.53 Å². The van der Waals surface area contributed by atoms with Gasteiger partial charge in [0.05, 0.1) is 19.1 Å². The van der Waals surface area contributed by atoms with Crippen molar-refractivity contribution in [1.29, 1.82) is 0 Å². The van der Waals surface area contributed by atoms with E-state index in [9.17, 15) is 4.79 Å². The summed E-state index contributed by atoms with van der Waals surface area (Å²) in [5.41, 5.74) is 0.205. The molecular formula is C23H43N5O2. The molecule has 1 N–H and O–H groups in total. The highest BCUT2D eigenvalue weighted by Crippen LogP contribution is 2.32. The molecule has 0 saturated carbocycles. The number of rotatable bonds is 6. The van der Waals surface area contributed by atoms with Crippen LogP contribution in [0.1, 0.15) is 58.8 Å². The molecule has 3 aliphatic heterocycles. The summed E-state index contributed by atoms with van der Waals surface area (Å²) in [6, 6.07) is 0. The Labute approximate surface area is 183 Å². The van der Waals surface area contributed by atoms with E-state index in [4.69, 9.17) is 9.73 Å². The Hall–Kier alpha value is -1.34. The van der Waals surface area contributed by atoms with Crippen LogP contribution in [-0.4, -0.2) is 98.2 Å². The number of carbonyl (C=O) groups is 1. The molecule has 3 saturated heterocycles. The second-order valence-corrected chi connectivity index (χ2v) is 9.26. The molecule has 0 aromatic heterocycles. The number of ether oxygens (including phenoxy) is 1. The normalized spacial score (nSPS) is 24.6. The van der Waals surface area contributed by atoms with Gasteiger partial charge in [-0.2, -0.15) is 0 Å². The molecule has 0 amide bonds. The van der Waals surface area contributed by atoms with Crippen molar-refractivity contribution in [2.24, 2.45) is 10.9 Å². The zero-order chi connectivity index (χ0) is 21.4. The second kappa shape index (κ2) is 11.3.